The van der Waals surface area contributed by atoms with E-state index in [-0.39, 0.29) is 3.57 Å². The van der Waals surface area contributed by atoms with Crippen LogP contribution in [0.4, 0.5) is 13.2 Å². The Kier molecular flexibility index (Phi) is 2.97. The van der Waals surface area contributed by atoms with Crippen molar-refractivity contribution in [1.82, 2.24) is 4.98 Å². The SMILES string of the molecule is FC(F)(F)c1nccc(Br)c1I. The highest BCUT2D eigenvalue weighted by atomic mass is 127. The Bertz CT molecular complexity index is 299. The van der Waals surface area contributed by atoms with Crippen molar-refractivity contribution in [3.8, 4) is 0 Å². The Morgan fingerprint density at radius 1 is 1.42 bits per heavy atom. The zero-order chi connectivity index (χ0) is 9.35. The van der Waals surface area contributed by atoms with Crippen LogP contribution in [-0.4, -0.2) is 4.98 Å². The molecule has 0 aliphatic carbocycles. The van der Waals surface area contributed by atoms with Gasteiger partial charge in [0.05, 0.1) is 3.57 Å². The van der Waals surface area contributed by atoms with Crippen LogP contribution in [0.5, 0.6) is 0 Å². The minimum absolute atomic E-state index is 0.0857. The molecule has 1 aromatic rings. The molecule has 0 aliphatic heterocycles. The molecule has 0 fully saturated rings. The highest BCUT2D eigenvalue weighted by molar-refractivity contribution is 14.1. The van der Waals surface area contributed by atoms with Gasteiger partial charge in [-0.05, 0) is 44.6 Å². The molecule has 1 aromatic heterocycles. The van der Waals surface area contributed by atoms with Crippen molar-refractivity contribution in [3.05, 3.63) is 26.0 Å². The van der Waals surface area contributed by atoms with Crippen LogP contribution in [0.3, 0.4) is 0 Å². The number of rotatable bonds is 0. The predicted molar refractivity (Wildman–Crippen MR) is 49.7 cm³/mol. The lowest BCUT2D eigenvalue weighted by molar-refractivity contribution is -0.141. The third-order valence-corrected chi connectivity index (χ3v) is 3.60. The highest BCUT2D eigenvalue weighted by Gasteiger charge is 2.35. The molecule has 0 spiro atoms. The van der Waals surface area contributed by atoms with Crippen molar-refractivity contribution in [2.24, 2.45) is 0 Å². The van der Waals surface area contributed by atoms with Crippen molar-refractivity contribution in [1.29, 1.82) is 0 Å². The van der Waals surface area contributed by atoms with Crippen LogP contribution in [0, 0.1) is 3.57 Å². The Balaban J connectivity index is 3.26. The quantitative estimate of drug-likeness (QED) is 0.652. The van der Waals surface area contributed by atoms with Gasteiger partial charge in [0.15, 0.2) is 5.69 Å². The standard InChI is InChI=1S/C6H2BrF3IN/c7-3-1-2-12-5(4(3)11)6(8,9)10/h1-2H. The molecular formula is C6H2BrF3IN. The van der Waals surface area contributed by atoms with E-state index in [0.717, 1.165) is 6.20 Å². The van der Waals surface area contributed by atoms with E-state index in [1.165, 1.54) is 6.07 Å². The van der Waals surface area contributed by atoms with E-state index < -0.39 is 11.9 Å². The second-order valence-corrected chi connectivity index (χ2v) is 3.89. The maximum Gasteiger partial charge on any atom is 0.434 e. The minimum atomic E-state index is -4.37. The Labute approximate surface area is 88.6 Å². The maximum atomic E-state index is 12.1. The average Bonchev–Trinajstić information content (AvgIpc) is 1.92. The first-order valence-electron chi connectivity index (χ1n) is 2.80. The van der Waals surface area contributed by atoms with Crippen LogP contribution >= 0.6 is 38.5 Å². The molecule has 1 heterocycles. The molecule has 0 aromatic carbocycles. The summed E-state index contributed by atoms with van der Waals surface area (Å²) in [6, 6.07) is 1.47. The average molecular weight is 352 g/mol. The normalized spacial score (nSPS) is 11.8. The lowest BCUT2D eigenvalue weighted by atomic mass is 10.3. The van der Waals surface area contributed by atoms with E-state index in [9.17, 15) is 13.2 Å². The summed E-state index contributed by atoms with van der Waals surface area (Å²) >= 11 is 4.59. The van der Waals surface area contributed by atoms with Crippen molar-refractivity contribution in [2.75, 3.05) is 0 Å². The van der Waals surface area contributed by atoms with Gasteiger partial charge in [0, 0.05) is 10.7 Å². The fraction of sp³-hybridized carbons (Fsp3) is 0.167. The maximum absolute atomic E-state index is 12.1. The predicted octanol–water partition coefficient (Wildman–Crippen LogP) is 3.47. The third-order valence-electron chi connectivity index (χ3n) is 1.11. The van der Waals surface area contributed by atoms with E-state index in [1.54, 1.807) is 22.6 Å². The molecule has 12 heavy (non-hydrogen) atoms. The topological polar surface area (TPSA) is 12.9 Å². The zero-order valence-electron chi connectivity index (χ0n) is 5.49. The summed E-state index contributed by atoms with van der Waals surface area (Å²) in [6.45, 7) is 0. The first-order valence-corrected chi connectivity index (χ1v) is 4.67. The lowest BCUT2D eigenvalue weighted by Gasteiger charge is -2.07. The minimum Gasteiger partial charge on any atom is -0.251 e. The fourth-order valence-electron chi connectivity index (χ4n) is 0.618. The summed E-state index contributed by atoms with van der Waals surface area (Å²) in [5.74, 6) is 0. The number of hydrogen-bond acceptors (Lipinski definition) is 1. The van der Waals surface area contributed by atoms with Gasteiger partial charge in [-0.25, -0.2) is 0 Å². The zero-order valence-corrected chi connectivity index (χ0v) is 9.24. The van der Waals surface area contributed by atoms with Crippen LogP contribution in [0.25, 0.3) is 0 Å². The number of nitrogens with zero attached hydrogens (tertiary/aromatic N) is 1. The molecule has 0 atom stereocenters. The van der Waals surface area contributed by atoms with Gasteiger partial charge in [0.2, 0.25) is 0 Å². The molecule has 0 unspecified atom stereocenters. The molecule has 0 radical (unpaired) electrons. The number of aromatic nitrogens is 1. The van der Waals surface area contributed by atoms with Gasteiger partial charge in [0.1, 0.15) is 0 Å². The molecule has 66 valence electrons. The molecule has 0 N–H and O–H groups in total. The second-order valence-electron chi connectivity index (χ2n) is 1.95. The Hall–Kier alpha value is 0.150. The third kappa shape index (κ3) is 2.09. The van der Waals surface area contributed by atoms with Crippen molar-refractivity contribution in [2.45, 2.75) is 6.18 Å². The number of halogens is 5. The fourth-order valence-corrected chi connectivity index (χ4v) is 1.55. The molecule has 0 bridgehead atoms. The molecule has 1 rings (SSSR count). The second kappa shape index (κ2) is 3.49. The van der Waals surface area contributed by atoms with E-state index in [2.05, 4.69) is 20.9 Å². The molecule has 0 aliphatic rings. The first-order chi connectivity index (χ1) is 5.43. The van der Waals surface area contributed by atoms with Crippen LogP contribution < -0.4 is 0 Å². The molecule has 1 nitrogen and oxygen atoms in total. The van der Waals surface area contributed by atoms with Gasteiger partial charge in [-0.15, -0.1) is 0 Å². The Morgan fingerprint density at radius 2 is 2.00 bits per heavy atom. The number of hydrogen-bond donors (Lipinski definition) is 0. The van der Waals surface area contributed by atoms with Crippen molar-refractivity contribution < 1.29 is 13.2 Å². The Morgan fingerprint density at radius 3 is 2.42 bits per heavy atom. The van der Waals surface area contributed by atoms with Gasteiger partial charge in [-0.2, -0.15) is 13.2 Å². The van der Waals surface area contributed by atoms with E-state index in [1.807, 2.05) is 0 Å². The molecule has 0 amide bonds. The number of pyridine rings is 1. The van der Waals surface area contributed by atoms with E-state index in [4.69, 9.17) is 0 Å². The lowest BCUT2D eigenvalue weighted by Crippen LogP contribution is -2.10. The van der Waals surface area contributed by atoms with Crippen molar-refractivity contribution >= 4 is 38.5 Å². The largest absolute Gasteiger partial charge is 0.434 e. The van der Waals surface area contributed by atoms with E-state index in [0.29, 0.717) is 4.47 Å². The molecule has 0 saturated carbocycles. The summed E-state index contributed by atoms with van der Waals surface area (Å²) in [4.78, 5) is 3.25. The van der Waals surface area contributed by atoms with Gasteiger partial charge in [0.25, 0.3) is 0 Å². The molecule has 0 saturated heterocycles. The van der Waals surface area contributed by atoms with E-state index >= 15 is 0 Å². The van der Waals surface area contributed by atoms with Crippen LogP contribution in [0.15, 0.2) is 16.7 Å². The molecular weight excluding hydrogens is 350 g/mol. The smallest absolute Gasteiger partial charge is 0.251 e. The van der Waals surface area contributed by atoms with Gasteiger partial charge in [-0.3, -0.25) is 4.98 Å². The van der Waals surface area contributed by atoms with Gasteiger partial charge >= 0.3 is 6.18 Å². The molecule has 6 heteroatoms. The highest BCUT2D eigenvalue weighted by Crippen LogP contribution is 2.33. The van der Waals surface area contributed by atoms with Gasteiger partial charge < -0.3 is 0 Å². The van der Waals surface area contributed by atoms with Crippen molar-refractivity contribution in [3.63, 3.8) is 0 Å². The summed E-state index contributed by atoms with van der Waals surface area (Å²) in [5, 5.41) is 0. The first kappa shape index (κ1) is 10.2. The summed E-state index contributed by atoms with van der Waals surface area (Å²) < 4.78 is 36.9. The van der Waals surface area contributed by atoms with Crippen LogP contribution in [0.2, 0.25) is 0 Å². The summed E-state index contributed by atoms with van der Waals surface area (Å²) in [6.07, 6.45) is -3.25. The number of alkyl halides is 3. The summed E-state index contributed by atoms with van der Waals surface area (Å²) in [7, 11) is 0. The summed E-state index contributed by atoms with van der Waals surface area (Å²) in [5.41, 5.74) is -0.850. The van der Waals surface area contributed by atoms with Crippen LogP contribution in [-0.2, 0) is 6.18 Å². The van der Waals surface area contributed by atoms with Crippen LogP contribution in [0.1, 0.15) is 5.69 Å². The van der Waals surface area contributed by atoms with Gasteiger partial charge in [-0.1, -0.05) is 0 Å². The monoisotopic (exact) mass is 351 g/mol.